The molecule has 0 aromatic rings. The lowest BCUT2D eigenvalue weighted by atomic mass is 10.0. The highest BCUT2D eigenvalue weighted by molar-refractivity contribution is 5.91. The summed E-state index contributed by atoms with van der Waals surface area (Å²) in [7, 11) is 0. The van der Waals surface area contributed by atoms with E-state index in [1.807, 2.05) is 13.8 Å². The maximum Gasteiger partial charge on any atom is 0.243 e. The monoisotopic (exact) mass is 269 g/mol. The van der Waals surface area contributed by atoms with Gasteiger partial charge in [0, 0.05) is 6.92 Å². The van der Waals surface area contributed by atoms with Gasteiger partial charge in [0.15, 0.2) is 0 Å². The fourth-order valence-corrected chi connectivity index (χ4v) is 1.95. The van der Waals surface area contributed by atoms with Crippen LogP contribution in [0.15, 0.2) is 0 Å². The topological polar surface area (TPSA) is 101 Å². The Balaban J connectivity index is 2.61. The van der Waals surface area contributed by atoms with E-state index in [2.05, 4.69) is 10.6 Å². The fraction of sp³-hybridized carbons (Fsp3) is 0.769. The van der Waals surface area contributed by atoms with Crippen molar-refractivity contribution in [1.29, 1.82) is 0 Å². The number of amides is 3. The Morgan fingerprint density at radius 2 is 1.79 bits per heavy atom. The van der Waals surface area contributed by atoms with Gasteiger partial charge in [0.1, 0.15) is 12.1 Å². The summed E-state index contributed by atoms with van der Waals surface area (Å²) in [5, 5.41) is 5.24. The fourth-order valence-electron chi connectivity index (χ4n) is 1.95. The average molecular weight is 269 g/mol. The van der Waals surface area contributed by atoms with Gasteiger partial charge >= 0.3 is 0 Å². The van der Waals surface area contributed by atoms with Crippen molar-refractivity contribution in [2.24, 2.45) is 17.6 Å². The smallest absolute Gasteiger partial charge is 0.243 e. The quantitative estimate of drug-likeness (QED) is 0.602. The molecule has 19 heavy (non-hydrogen) atoms. The zero-order valence-corrected chi connectivity index (χ0v) is 11.7. The van der Waals surface area contributed by atoms with E-state index in [-0.39, 0.29) is 17.7 Å². The van der Waals surface area contributed by atoms with Crippen LogP contribution in [-0.4, -0.2) is 29.8 Å². The number of nitrogens with one attached hydrogen (secondary N) is 2. The number of hydrogen-bond donors (Lipinski definition) is 3. The molecule has 6 heteroatoms. The van der Waals surface area contributed by atoms with Crippen molar-refractivity contribution >= 4 is 17.7 Å². The van der Waals surface area contributed by atoms with Gasteiger partial charge in [0.2, 0.25) is 17.7 Å². The van der Waals surface area contributed by atoms with E-state index in [0.717, 1.165) is 12.8 Å². The number of nitrogens with two attached hydrogens (primary N) is 1. The van der Waals surface area contributed by atoms with Gasteiger partial charge in [0.25, 0.3) is 0 Å². The van der Waals surface area contributed by atoms with Crippen LogP contribution in [0.5, 0.6) is 0 Å². The van der Waals surface area contributed by atoms with E-state index in [0.29, 0.717) is 12.3 Å². The molecule has 0 radical (unpaired) electrons. The van der Waals surface area contributed by atoms with Gasteiger partial charge in [0.05, 0.1) is 0 Å². The molecule has 2 atom stereocenters. The van der Waals surface area contributed by atoms with E-state index in [4.69, 9.17) is 5.73 Å². The Morgan fingerprint density at radius 1 is 1.21 bits per heavy atom. The molecule has 108 valence electrons. The normalized spacial score (nSPS) is 17.7. The minimum Gasteiger partial charge on any atom is -0.368 e. The number of rotatable bonds is 7. The van der Waals surface area contributed by atoms with Crippen molar-refractivity contribution in [3.63, 3.8) is 0 Å². The van der Waals surface area contributed by atoms with Crippen LogP contribution in [0.2, 0.25) is 0 Å². The molecule has 1 rings (SSSR count). The third-order valence-electron chi connectivity index (χ3n) is 3.23. The molecule has 3 amide bonds. The standard InChI is InChI=1S/C13H23N3O3/c1-7(2)11(15-8(3)17)13(19)16-10(12(14)18)6-9-4-5-9/h7,9-11H,4-6H2,1-3H3,(H2,14,18)(H,15,17)(H,16,19)/t10-,11+/m0/s1. The first-order valence-corrected chi connectivity index (χ1v) is 6.68. The lowest BCUT2D eigenvalue weighted by molar-refractivity contribution is -0.131. The zero-order chi connectivity index (χ0) is 14.6. The van der Waals surface area contributed by atoms with Crippen molar-refractivity contribution < 1.29 is 14.4 Å². The first-order chi connectivity index (χ1) is 8.81. The maximum atomic E-state index is 12.1. The molecule has 0 aliphatic heterocycles. The van der Waals surface area contributed by atoms with E-state index in [1.54, 1.807) is 0 Å². The van der Waals surface area contributed by atoms with Crippen LogP contribution in [0.1, 0.15) is 40.0 Å². The molecule has 0 bridgehead atoms. The van der Waals surface area contributed by atoms with Crippen LogP contribution in [0.25, 0.3) is 0 Å². The lowest BCUT2D eigenvalue weighted by Gasteiger charge is -2.23. The third-order valence-corrected chi connectivity index (χ3v) is 3.23. The summed E-state index contributed by atoms with van der Waals surface area (Å²) in [4.78, 5) is 34.5. The lowest BCUT2D eigenvalue weighted by Crippen LogP contribution is -2.54. The molecule has 1 aliphatic carbocycles. The summed E-state index contributed by atoms with van der Waals surface area (Å²) in [6, 6.07) is -1.28. The summed E-state index contributed by atoms with van der Waals surface area (Å²) in [5.41, 5.74) is 5.30. The van der Waals surface area contributed by atoms with E-state index >= 15 is 0 Å². The number of carbonyl (C=O) groups excluding carboxylic acids is 3. The molecule has 0 aromatic heterocycles. The van der Waals surface area contributed by atoms with E-state index < -0.39 is 18.0 Å². The van der Waals surface area contributed by atoms with Crippen LogP contribution in [0.4, 0.5) is 0 Å². The average Bonchev–Trinajstić information content (AvgIpc) is 3.07. The molecule has 0 aromatic carbocycles. The van der Waals surface area contributed by atoms with Crippen LogP contribution in [0, 0.1) is 11.8 Å². The maximum absolute atomic E-state index is 12.1. The molecular weight excluding hydrogens is 246 g/mol. The molecule has 4 N–H and O–H groups in total. The summed E-state index contributed by atoms with van der Waals surface area (Å²) >= 11 is 0. The summed E-state index contributed by atoms with van der Waals surface area (Å²) < 4.78 is 0. The second-order valence-electron chi connectivity index (χ2n) is 5.56. The second-order valence-corrected chi connectivity index (χ2v) is 5.56. The molecule has 1 fully saturated rings. The Morgan fingerprint density at radius 3 is 2.16 bits per heavy atom. The van der Waals surface area contributed by atoms with Crippen LogP contribution in [-0.2, 0) is 14.4 Å². The first kappa shape index (κ1) is 15.5. The predicted molar refractivity (Wildman–Crippen MR) is 70.9 cm³/mol. The Labute approximate surface area is 113 Å². The highest BCUT2D eigenvalue weighted by Crippen LogP contribution is 2.33. The van der Waals surface area contributed by atoms with Gasteiger partial charge in [-0.1, -0.05) is 26.7 Å². The first-order valence-electron chi connectivity index (χ1n) is 6.68. The van der Waals surface area contributed by atoms with Crippen molar-refractivity contribution in [3.05, 3.63) is 0 Å². The Bertz CT molecular complexity index is 364. The highest BCUT2D eigenvalue weighted by atomic mass is 16.2. The molecule has 0 unspecified atom stereocenters. The third kappa shape index (κ3) is 5.28. The Kier molecular flexibility index (Phi) is 5.32. The molecule has 6 nitrogen and oxygen atoms in total. The Hall–Kier alpha value is -1.59. The number of hydrogen-bond acceptors (Lipinski definition) is 3. The van der Waals surface area contributed by atoms with Crippen molar-refractivity contribution in [2.45, 2.75) is 52.1 Å². The minimum atomic E-state index is -0.644. The second kappa shape index (κ2) is 6.54. The number of carbonyl (C=O) groups is 3. The largest absolute Gasteiger partial charge is 0.368 e. The van der Waals surface area contributed by atoms with Crippen LogP contribution in [0.3, 0.4) is 0 Å². The van der Waals surface area contributed by atoms with E-state index in [1.165, 1.54) is 6.92 Å². The molecular formula is C13H23N3O3. The molecule has 1 aliphatic rings. The van der Waals surface area contributed by atoms with Gasteiger partial charge in [-0.25, -0.2) is 0 Å². The van der Waals surface area contributed by atoms with E-state index in [9.17, 15) is 14.4 Å². The number of primary amides is 1. The van der Waals surface area contributed by atoms with Gasteiger partial charge in [-0.3, -0.25) is 14.4 Å². The van der Waals surface area contributed by atoms with Gasteiger partial charge < -0.3 is 16.4 Å². The summed E-state index contributed by atoms with van der Waals surface area (Å²) in [6.45, 7) is 5.03. The molecule has 0 saturated heterocycles. The molecule has 0 heterocycles. The van der Waals surface area contributed by atoms with Gasteiger partial charge in [-0.15, -0.1) is 0 Å². The van der Waals surface area contributed by atoms with Crippen LogP contribution >= 0.6 is 0 Å². The van der Waals surface area contributed by atoms with Crippen molar-refractivity contribution in [3.8, 4) is 0 Å². The highest BCUT2D eigenvalue weighted by Gasteiger charge is 2.31. The zero-order valence-electron chi connectivity index (χ0n) is 11.7. The van der Waals surface area contributed by atoms with Gasteiger partial charge in [-0.2, -0.15) is 0 Å². The van der Waals surface area contributed by atoms with Crippen molar-refractivity contribution in [2.75, 3.05) is 0 Å². The molecule has 1 saturated carbocycles. The molecule has 0 spiro atoms. The predicted octanol–water partition coefficient (Wildman–Crippen LogP) is -0.0827. The van der Waals surface area contributed by atoms with Crippen LogP contribution < -0.4 is 16.4 Å². The minimum absolute atomic E-state index is 0.0571. The SMILES string of the molecule is CC(=O)N[C@@H](C(=O)N[C@@H](CC1CC1)C(N)=O)C(C)C. The summed E-state index contributed by atoms with van der Waals surface area (Å²) in [5.74, 6) is -0.721. The van der Waals surface area contributed by atoms with Crippen molar-refractivity contribution in [1.82, 2.24) is 10.6 Å². The summed E-state index contributed by atoms with van der Waals surface area (Å²) in [6.07, 6.45) is 2.75. The van der Waals surface area contributed by atoms with Gasteiger partial charge in [-0.05, 0) is 18.3 Å².